The van der Waals surface area contributed by atoms with Crippen LogP contribution in [0.4, 0.5) is 10.5 Å². The molecule has 0 aliphatic rings. The number of fused-ring (bicyclic) bond motifs is 1. The van der Waals surface area contributed by atoms with E-state index in [0.717, 1.165) is 27.9 Å². The Balaban J connectivity index is 1.85. The highest BCUT2D eigenvalue weighted by Gasteiger charge is 2.15. The van der Waals surface area contributed by atoms with Crippen molar-refractivity contribution in [3.05, 3.63) is 45.2 Å². The number of carbonyl (C=O) groups is 1. The van der Waals surface area contributed by atoms with Crippen molar-refractivity contribution in [1.29, 1.82) is 0 Å². The number of imidazole rings is 1. The van der Waals surface area contributed by atoms with Crippen molar-refractivity contribution in [2.75, 3.05) is 5.32 Å². The first kappa shape index (κ1) is 18.8. The largest absolute Gasteiger partial charge is 0.361 e. The van der Waals surface area contributed by atoms with E-state index in [2.05, 4.69) is 15.8 Å². The third-order valence-corrected chi connectivity index (χ3v) is 4.85. The summed E-state index contributed by atoms with van der Waals surface area (Å²) in [6, 6.07) is 3.48. The number of benzene rings is 1. The SMILES string of the molecule is CCn1c(=O)n(CC)c2cc(NC(=O)NCc3c(C)noc3C)c(C)cc21. The lowest BCUT2D eigenvalue weighted by molar-refractivity contribution is 0.251. The molecular weight excluding hydrogens is 346 g/mol. The topological polar surface area (TPSA) is 94.1 Å². The second-order valence-corrected chi connectivity index (χ2v) is 6.54. The lowest BCUT2D eigenvalue weighted by atomic mass is 10.1. The number of rotatable bonds is 5. The molecule has 0 spiro atoms. The minimum absolute atomic E-state index is 0.0330. The Morgan fingerprint density at radius 1 is 1.11 bits per heavy atom. The smallest absolute Gasteiger partial charge is 0.329 e. The quantitative estimate of drug-likeness (QED) is 0.721. The van der Waals surface area contributed by atoms with Crippen LogP contribution in [-0.4, -0.2) is 20.3 Å². The fourth-order valence-electron chi connectivity index (χ4n) is 3.30. The van der Waals surface area contributed by atoms with E-state index in [4.69, 9.17) is 4.52 Å². The van der Waals surface area contributed by atoms with Gasteiger partial charge >= 0.3 is 11.7 Å². The summed E-state index contributed by atoms with van der Waals surface area (Å²) in [6.07, 6.45) is 0. The first-order valence-electron chi connectivity index (χ1n) is 9.07. The molecule has 0 fully saturated rings. The van der Waals surface area contributed by atoms with E-state index in [-0.39, 0.29) is 11.7 Å². The molecule has 0 bridgehead atoms. The Kier molecular flexibility index (Phi) is 5.07. The van der Waals surface area contributed by atoms with E-state index in [0.29, 0.717) is 31.1 Å². The lowest BCUT2D eigenvalue weighted by Gasteiger charge is -2.11. The van der Waals surface area contributed by atoms with Gasteiger partial charge in [-0.3, -0.25) is 9.13 Å². The molecule has 2 heterocycles. The highest BCUT2D eigenvalue weighted by atomic mass is 16.5. The van der Waals surface area contributed by atoms with Gasteiger partial charge in [0.05, 0.1) is 16.7 Å². The number of aromatic nitrogens is 3. The first-order valence-corrected chi connectivity index (χ1v) is 9.07. The molecule has 0 aliphatic carbocycles. The second kappa shape index (κ2) is 7.30. The van der Waals surface area contributed by atoms with Gasteiger partial charge < -0.3 is 15.2 Å². The number of urea groups is 1. The number of nitrogens with zero attached hydrogens (tertiary/aromatic N) is 3. The number of aryl methyl sites for hydroxylation is 5. The molecular formula is C19H25N5O3. The van der Waals surface area contributed by atoms with Crippen molar-refractivity contribution in [3.63, 3.8) is 0 Å². The highest BCUT2D eigenvalue weighted by molar-refractivity contribution is 5.93. The lowest BCUT2D eigenvalue weighted by Crippen LogP contribution is -2.28. The van der Waals surface area contributed by atoms with E-state index in [1.54, 1.807) is 9.13 Å². The predicted molar refractivity (Wildman–Crippen MR) is 104 cm³/mol. The van der Waals surface area contributed by atoms with Crippen LogP contribution in [0.15, 0.2) is 21.5 Å². The summed E-state index contributed by atoms with van der Waals surface area (Å²) in [5.74, 6) is 0.693. The van der Waals surface area contributed by atoms with Gasteiger partial charge in [0, 0.05) is 30.9 Å². The summed E-state index contributed by atoms with van der Waals surface area (Å²) in [6.45, 7) is 11.0. The van der Waals surface area contributed by atoms with Gasteiger partial charge in [0.1, 0.15) is 5.76 Å². The van der Waals surface area contributed by atoms with Crippen molar-refractivity contribution >= 4 is 22.8 Å². The Labute approximate surface area is 157 Å². The minimum Gasteiger partial charge on any atom is -0.361 e. The summed E-state index contributed by atoms with van der Waals surface area (Å²) < 4.78 is 8.56. The molecule has 1 aromatic carbocycles. The summed E-state index contributed by atoms with van der Waals surface area (Å²) >= 11 is 0. The van der Waals surface area contributed by atoms with Crippen LogP contribution in [0.3, 0.4) is 0 Å². The molecule has 0 unspecified atom stereocenters. The third kappa shape index (κ3) is 3.34. The molecule has 27 heavy (non-hydrogen) atoms. The summed E-state index contributed by atoms with van der Waals surface area (Å²) in [4.78, 5) is 24.9. The fourth-order valence-corrected chi connectivity index (χ4v) is 3.30. The molecule has 3 aromatic rings. The number of hydrogen-bond acceptors (Lipinski definition) is 4. The van der Waals surface area contributed by atoms with Crippen molar-refractivity contribution in [3.8, 4) is 0 Å². The van der Waals surface area contributed by atoms with Gasteiger partial charge in [-0.05, 0) is 52.3 Å². The fraction of sp³-hybridized carbons (Fsp3) is 0.421. The summed E-state index contributed by atoms with van der Waals surface area (Å²) in [7, 11) is 0. The van der Waals surface area contributed by atoms with Crippen molar-refractivity contribution in [2.45, 2.75) is 54.3 Å². The van der Waals surface area contributed by atoms with Crippen molar-refractivity contribution in [1.82, 2.24) is 19.6 Å². The van der Waals surface area contributed by atoms with Gasteiger partial charge in [-0.25, -0.2) is 9.59 Å². The number of amides is 2. The van der Waals surface area contributed by atoms with Crippen LogP contribution in [-0.2, 0) is 19.6 Å². The zero-order valence-corrected chi connectivity index (χ0v) is 16.3. The minimum atomic E-state index is -0.322. The molecule has 8 heteroatoms. The summed E-state index contributed by atoms with van der Waals surface area (Å²) in [5.41, 5.74) is 4.86. The number of anilines is 1. The molecule has 8 nitrogen and oxygen atoms in total. The number of carbonyl (C=O) groups excluding carboxylic acids is 1. The molecule has 0 aliphatic heterocycles. The van der Waals surface area contributed by atoms with Crippen LogP contribution in [0.25, 0.3) is 11.0 Å². The van der Waals surface area contributed by atoms with E-state index in [9.17, 15) is 9.59 Å². The third-order valence-electron chi connectivity index (χ3n) is 4.85. The Morgan fingerprint density at radius 3 is 2.30 bits per heavy atom. The average molecular weight is 371 g/mol. The van der Waals surface area contributed by atoms with Crippen LogP contribution in [0.5, 0.6) is 0 Å². The van der Waals surface area contributed by atoms with Gasteiger partial charge in [0.2, 0.25) is 0 Å². The molecule has 144 valence electrons. The summed E-state index contributed by atoms with van der Waals surface area (Å²) in [5, 5.41) is 9.58. The molecule has 2 N–H and O–H groups in total. The van der Waals surface area contributed by atoms with Crippen molar-refractivity contribution < 1.29 is 9.32 Å². The van der Waals surface area contributed by atoms with E-state index >= 15 is 0 Å². The zero-order chi connectivity index (χ0) is 19.7. The van der Waals surface area contributed by atoms with Crippen LogP contribution >= 0.6 is 0 Å². The number of nitrogens with one attached hydrogen (secondary N) is 2. The molecule has 2 aromatic heterocycles. The predicted octanol–water partition coefficient (Wildman–Crippen LogP) is 3.08. The normalized spacial score (nSPS) is 11.1. The molecule has 3 rings (SSSR count). The van der Waals surface area contributed by atoms with Crippen LogP contribution in [0.1, 0.15) is 36.4 Å². The van der Waals surface area contributed by atoms with Gasteiger partial charge in [-0.15, -0.1) is 0 Å². The van der Waals surface area contributed by atoms with Gasteiger partial charge in [0.15, 0.2) is 0 Å². The van der Waals surface area contributed by atoms with E-state index in [1.807, 2.05) is 46.8 Å². The van der Waals surface area contributed by atoms with Crippen LogP contribution in [0, 0.1) is 20.8 Å². The Bertz CT molecular complexity index is 1040. The molecule has 0 saturated carbocycles. The zero-order valence-electron chi connectivity index (χ0n) is 16.3. The first-order chi connectivity index (χ1) is 12.9. The van der Waals surface area contributed by atoms with Crippen molar-refractivity contribution in [2.24, 2.45) is 0 Å². The second-order valence-electron chi connectivity index (χ2n) is 6.54. The van der Waals surface area contributed by atoms with E-state index < -0.39 is 0 Å². The maximum Gasteiger partial charge on any atom is 0.329 e. The average Bonchev–Trinajstić information content (AvgIpc) is 3.08. The van der Waals surface area contributed by atoms with Gasteiger partial charge in [-0.1, -0.05) is 5.16 Å². The maximum absolute atomic E-state index is 12.5. The molecule has 0 atom stereocenters. The Morgan fingerprint density at radius 2 is 1.74 bits per heavy atom. The van der Waals surface area contributed by atoms with Gasteiger partial charge in [0.25, 0.3) is 0 Å². The van der Waals surface area contributed by atoms with Gasteiger partial charge in [-0.2, -0.15) is 0 Å². The Hall–Kier alpha value is -3.03. The molecule has 0 saturated heterocycles. The molecule has 2 amide bonds. The number of hydrogen-bond donors (Lipinski definition) is 2. The molecule has 0 radical (unpaired) electrons. The van der Waals surface area contributed by atoms with E-state index in [1.165, 1.54) is 0 Å². The highest BCUT2D eigenvalue weighted by Crippen LogP contribution is 2.23. The van der Waals surface area contributed by atoms with Crippen LogP contribution in [0.2, 0.25) is 0 Å². The van der Waals surface area contributed by atoms with Crippen LogP contribution < -0.4 is 16.3 Å². The maximum atomic E-state index is 12.5. The standard InChI is InChI=1S/C19H25N5O3/c1-6-23-16-8-11(3)15(9-17(16)24(7-2)19(23)26)21-18(25)20-10-14-12(4)22-27-13(14)5/h8-9H,6-7,10H2,1-5H3,(H2,20,21,25). The monoisotopic (exact) mass is 371 g/mol.